The van der Waals surface area contributed by atoms with Gasteiger partial charge in [0.15, 0.2) is 28.2 Å². The standard InChI is InChI=1S/2C31H29BFN3O2.C25H17BrFN3.C6H3BrFN3.C6H5FN4.B2/c2*1-29(2)30(3,4)38-32(37-29)27-26-20-25(33)21-34-28(26)36(35-27)31(22-14-8-5-9-15-22,23-16-10-6-11-17-23)24-18-12-7-13-19-24;26-23-22-16-21(27)17-28-24(22)30(29-23)25(18-10-4-1-5-11-18,19-12-6-2-7-13-19)20-14-8-3-9-15-20;7-5-4-1-3(8)2-9-6(4)11-10-5;7-3-1-4-5(8)10-11-6(4)9-2-3;1-2/h2*5-21H,1-4H3;1-17H;1-2H,(H,9,10,11);1-2H,(H3,8,9,10,11);/q;;;;;-1. The maximum Gasteiger partial charge on any atom is 0.517 e. The van der Waals surface area contributed by atoms with Crippen LogP contribution >= 0.6 is 31.9 Å². The van der Waals surface area contributed by atoms with Gasteiger partial charge in [-0.25, -0.2) is 60.9 Å². The van der Waals surface area contributed by atoms with Crippen molar-refractivity contribution in [2.24, 2.45) is 0 Å². The lowest BCUT2D eigenvalue weighted by Crippen LogP contribution is -2.41. The summed E-state index contributed by atoms with van der Waals surface area (Å²) in [6, 6.07) is 98.9. The summed E-state index contributed by atoms with van der Waals surface area (Å²) >= 11 is 6.70. The molecule has 10 aromatic heterocycles. The predicted molar refractivity (Wildman–Crippen MR) is 507 cm³/mol. The van der Waals surface area contributed by atoms with Gasteiger partial charge in [0.05, 0.1) is 69.5 Å². The lowest BCUT2D eigenvalue weighted by molar-refractivity contribution is 0.00578. The van der Waals surface area contributed by atoms with Crippen molar-refractivity contribution in [2.45, 2.75) is 94.4 Å². The van der Waals surface area contributed by atoms with E-state index in [1.807, 2.05) is 233 Å². The first-order valence-corrected chi connectivity index (χ1v) is 43.1. The Bertz CT molecular complexity index is 6490. The van der Waals surface area contributed by atoms with Crippen molar-refractivity contribution >= 4 is 134 Å². The van der Waals surface area contributed by atoms with Crippen molar-refractivity contribution in [3.05, 3.63) is 423 Å². The lowest BCUT2D eigenvalue weighted by atomic mass is 9.77. The van der Waals surface area contributed by atoms with E-state index in [-0.39, 0.29) is 5.82 Å². The molecule has 0 aliphatic carbocycles. The van der Waals surface area contributed by atoms with E-state index in [1.54, 1.807) is 0 Å². The maximum absolute atomic E-state index is 14.7. The number of nitrogens with zero attached hydrogens (tertiary/aromatic N) is 13. The van der Waals surface area contributed by atoms with E-state index in [2.05, 4.69) is 202 Å². The summed E-state index contributed by atoms with van der Waals surface area (Å²) in [5, 5.41) is 30.8. The van der Waals surface area contributed by atoms with Crippen LogP contribution in [-0.2, 0) is 35.2 Å². The van der Waals surface area contributed by atoms with Crippen molar-refractivity contribution in [2.75, 3.05) is 5.73 Å². The molecule has 2 fully saturated rings. The van der Waals surface area contributed by atoms with Gasteiger partial charge in [-0.2, -0.15) is 25.5 Å². The van der Waals surface area contributed by atoms with E-state index >= 15 is 0 Å². The Hall–Kier alpha value is -13.4. The number of hydrogen-bond donors (Lipinski definition) is 3. The highest BCUT2D eigenvalue weighted by atomic mass is 79.9. The van der Waals surface area contributed by atoms with Gasteiger partial charge < -0.3 is 39.8 Å². The number of fused-ring (bicyclic) bond motifs is 5. The number of anilines is 1. The summed E-state index contributed by atoms with van der Waals surface area (Å²) < 4.78 is 101. The molecule has 2 saturated heterocycles. The topological polar surface area (TPSA) is 238 Å². The van der Waals surface area contributed by atoms with Crippen LogP contribution in [-0.4, -0.2) is 127 Å². The van der Waals surface area contributed by atoms with E-state index in [4.69, 9.17) is 39.6 Å². The molecule has 0 bridgehead atoms. The molecule has 645 valence electrons. The summed E-state index contributed by atoms with van der Waals surface area (Å²) in [6.45, 7) is 15.9. The summed E-state index contributed by atoms with van der Waals surface area (Å²) in [4.78, 5) is 21.1. The van der Waals surface area contributed by atoms with Gasteiger partial charge in [0.2, 0.25) is 0 Å². The van der Waals surface area contributed by atoms with Crippen LogP contribution in [0.3, 0.4) is 0 Å². The molecule has 12 heterocycles. The largest absolute Gasteiger partial charge is 0.693 e. The van der Waals surface area contributed by atoms with Crippen molar-refractivity contribution in [1.82, 2.24) is 74.7 Å². The molecule has 31 heteroatoms. The Morgan fingerprint density at radius 3 is 0.831 bits per heavy atom. The van der Waals surface area contributed by atoms with Gasteiger partial charge in [-0.3, -0.25) is 10.2 Å². The molecule has 0 saturated carbocycles. The molecule has 0 atom stereocenters. The normalized spacial score (nSPS) is 14.3. The summed E-state index contributed by atoms with van der Waals surface area (Å²) in [7, 11) is 6.43. The van der Waals surface area contributed by atoms with Gasteiger partial charge in [0.25, 0.3) is 0 Å². The fraction of sp³-hybridized carbons (Fsp3) is 0.152. The number of aromatic amines is 2. The van der Waals surface area contributed by atoms with E-state index in [0.29, 0.717) is 81.4 Å². The first-order valence-electron chi connectivity index (χ1n) is 41.5. The number of rotatable bonds is 14. The molecule has 21 rings (SSSR count). The fourth-order valence-corrected chi connectivity index (χ4v) is 17.2. The quantitative estimate of drug-likeness (QED) is 0.0521. The lowest BCUT2D eigenvalue weighted by Gasteiger charge is -2.36. The summed E-state index contributed by atoms with van der Waals surface area (Å²) in [6.07, 6.45) is 5.94. The van der Waals surface area contributed by atoms with Gasteiger partial charge >= 0.3 is 14.2 Å². The molecular weight excluding hydrogens is 1780 g/mol. The Labute approximate surface area is 766 Å². The van der Waals surface area contributed by atoms with Crippen LogP contribution in [0.4, 0.5) is 27.8 Å². The molecule has 5 radical (unpaired) electrons. The summed E-state index contributed by atoms with van der Waals surface area (Å²) in [5.74, 6) is -1.72. The highest BCUT2D eigenvalue weighted by molar-refractivity contribution is 9.10. The molecular formula is C99H83B4Br2F5N16O4-. The van der Waals surface area contributed by atoms with Crippen LogP contribution in [0.1, 0.15) is 105 Å². The van der Waals surface area contributed by atoms with Gasteiger partial charge in [0.1, 0.15) is 71.9 Å². The van der Waals surface area contributed by atoms with Gasteiger partial charge in [-0.05, 0) is 168 Å². The maximum atomic E-state index is 14.7. The van der Waals surface area contributed by atoms with Gasteiger partial charge in [-0.15, -0.1) is 0 Å². The number of benzene rings is 9. The predicted octanol–water partition coefficient (Wildman–Crippen LogP) is 19.4. The molecule has 4 N–H and O–H groups in total. The number of hydrogen-bond acceptors (Lipinski definition) is 15. The Balaban J connectivity index is 0.000000127. The third-order valence-electron chi connectivity index (χ3n) is 23.8. The molecule has 9 aromatic carbocycles. The SMILES string of the molecule is CC1(C)OB(c2nn(C(c3ccccc3)(c3ccccc3)c3ccccc3)c3ncc(F)cc23)OC1(C)C.CC1(C)OB(c2nn(C(c3ccccc3)(c3ccccc3)c3ccccc3)c3ncc(F)cc23)OC1(C)C.Fc1cnc2c(c1)c(Br)nn2C(c1ccccc1)(c1ccccc1)c1ccccc1.Fc1cnc2n[nH]c(Br)c2c1.Nc1[nH]nc2ncc(F)cc12.[B][B-]. The minimum atomic E-state index is -0.908. The van der Waals surface area contributed by atoms with Crippen molar-refractivity contribution in [1.29, 1.82) is 0 Å². The zero-order valence-corrected chi connectivity index (χ0v) is 74.9. The second-order valence-electron chi connectivity index (χ2n) is 32.7. The van der Waals surface area contributed by atoms with Crippen LogP contribution in [0.15, 0.2) is 344 Å². The fourth-order valence-electron chi connectivity index (χ4n) is 16.3. The van der Waals surface area contributed by atoms with Crippen LogP contribution in [0, 0.1) is 29.1 Å². The van der Waals surface area contributed by atoms with Crippen LogP contribution in [0.5, 0.6) is 0 Å². The van der Waals surface area contributed by atoms with E-state index < -0.39 is 76.5 Å². The Morgan fingerprint density at radius 1 is 0.323 bits per heavy atom. The minimum absolute atomic E-state index is 0.340. The smallest absolute Gasteiger partial charge is 0.517 e. The van der Waals surface area contributed by atoms with E-state index in [1.165, 1.54) is 48.9 Å². The van der Waals surface area contributed by atoms with Crippen LogP contribution in [0.2, 0.25) is 0 Å². The van der Waals surface area contributed by atoms with Gasteiger partial charge in [0, 0.05) is 10.8 Å². The van der Waals surface area contributed by atoms with E-state index in [9.17, 15) is 22.0 Å². The van der Waals surface area contributed by atoms with Crippen LogP contribution in [0.25, 0.3) is 55.2 Å². The molecule has 0 unspecified atom stereocenters. The number of H-pyrrole nitrogens is 2. The van der Waals surface area contributed by atoms with Crippen LogP contribution < -0.4 is 16.9 Å². The average Bonchev–Trinajstić information content (AvgIpc) is 1.53. The molecule has 19 aromatic rings. The zero-order chi connectivity index (χ0) is 91.3. The number of aromatic nitrogens is 15. The molecule has 2 aliphatic heterocycles. The molecule has 0 amide bonds. The molecule has 20 nitrogen and oxygen atoms in total. The molecule has 2 aliphatic rings. The third-order valence-corrected chi connectivity index (χ3v) is 25.0. The number of halogens is 7. The number of nitrogens with one attached hydrogen (secondary N) is 2. The first kappa shape index (κ1) is 90.0. The second kappa shape index (κ2) is 37.3. The minimum Gasteiger partial charge on any atom is -0.693 e. The number of nitrogen functional groups attached to an aromatic ring is 1. The highest BCUT2D eigenvalue weighted by Gasteiger charge is 2.56. The Morgan fingerprint density at radius 2 is 0.546 bits per heavy atom. The average molecular weight is 1860 g/mol. The number of nitrogens with two attached hydrogens (primary N) is 1. The monoisotopic (exact) mass is 1860 g/mol. The van der Waals surface area contributed by atoms with Crippen molar-refractivity contribution < 1.29 is 40.6 Å². The van der Waals surface area contributed by atoms with E-state index in [0.717, 1.165) is 62.5 Å². The third kappa shape index (κ3) is 16.9. The first-order chi connectivity index (χ1) is 62.7. The Kier molecular flexibility index (Phi) is 25.8. The summed E-state index contributed by atoms with van der Waals surface area (Å²) in [5.41, 5.74) is 13.2. The van der Waals surface area contributed by atoms with Gasteiger partial charge in [-0.1, -0.05) is 273 Å². The molecule has 0 spiro atoms. The highest BCUT2D eigenvalue weighted by Crippen LogP contribution is 2.48. The van der Waals surface area contributed by atoms with Crippen molar-refractivity contribution in [3.8, 4) is 0 Å². The zero-order valence-electron chi connectivity index (χ0n) is 71.7. The molecule has 130 heavy (non-hydrogen) atoms. The van der Waals surface area contributed by atoms with Crippen molar-refractivity contribution in [3.63, 3.8) is 0 Å². The number of pyridine rings is 5. The second-order valence-corrected chi connectivity index (χ2v) is 34.2.